The number of hydrogen-bond donors (Lipinski definition) is 0. The van der Waals surface area contributed by atoms with Gasteiger partial charge in [0.2, 0.25) is 0 Å². The van der Waals surface area contributed by atoms with E-state index in [1.165, 1.54) is 70.6 Å². The summed E-state index contributed by atoms with van der Waals surface area (Å²) < 4.78 is 27.1. The lowest BCUT2D eigenvalue weighted by Crippen LogP contribution is -2.27. The maximum Gasteiger partial charge on any atom is 0.183 e. The molecular formula is C31H43FO2. The Morgan fingerprint density at radius 1 is 0.765 bits per heavy atom. The lowest BCUT2D eigenvalue weighted by atomic mass is 9.77. The van der Waals surface area contributed by atoms with Crippen molar-refractivity contribution in [3.8, 4) is 11.1 Å². The highest BCUT2D eigenvalue weighted by Crippen LogP contribution is 2.38. The minimum absolute atomic E-state index is 0.116. The second-order valence-corrected chi connectivity index (χ2v) is 10.6. The number of ether oxygens (including phenoxy) is 2. The largest absolute Gasteiger partial charge is 0.348 e. The van der Waals surface area contributed by atoms with Crippen LogP contribution in [0.2, 0.25) is 0 Å². The molecule has 1 aliphatic heterocycles. The van der Waals surface area contributed by atoms with Crippen molar-refractivity contribution in [2.45, 2.75) is 96.7 Å². The highest BCUT2D eigenvalue weighted by atomic mass is 19.1. The molecule has 0 aromatic heterocycles. The first-order valence-electron chi connectivity index (χ1n) is 13.8. The van der Waals surface area contributed by atoms with Crippen LogP contribution in [0.5, 0.6) is 0 Å². The van der Waals surface area contributed by atoms with E-state index in [4.69, 9.17) is 9.47 Å². The van der Waals surface area contributed by atoms with Gasteiger partial charge in [-0.25, -0.2) is 4.39 Å². The summed E-state index contributed by atoms with van der Waals surface area (Å²) in [5, 5.41) is 0. The molecule has 2 aromatic carbocycles. The molecule has 0 spiro atoms. The van der Waals surface area contributed by atoms with Gasteiger partial charge in [0.15, 0.2) is 6.29 Å². The fourth-order valence-electron chi connectivity index (χ4n) is 5.68. The maximum absolute atomic E-state index is 15.1. The zero-order valence-corrected chi connectivity index (χ0v) is 21.2. The minimum Gasteiger partial charge on any atom is -0.348 e. The Balaban J connectivity index is 1.29. The van der Waals surface area contributed by atoms with Crippen LogP contribution in [0.25, 0.3) is 11.1 Å². The van der Waals surface area contributed by atoms with Crippen molar-refractivity contribution in [2.24, 2.45) is 11.8 Å². The third-order valence-electron chi connectivity index (χ3n) is 8.07. The van der Waals surface area contributed by atoms with E-state index in [9.17, 15) is 0 Å². The zero-order valence-electron chi connectivity index (χ0n) is 21.2. The van der Waals surface area contributed by atoms with Gasteiger partial charge in [0.1, 0.15) is 5.82 Å². The monoisotopic (exact) mass is 466 g/mol. The van der Waals surface area contributed by atoms with E-state index in [2.05, 4.69) is 19.9 Å². The van der Waals surface area contributed by atoms with E-state index in [1.807, 2.05) is 30.3 Å². The summed E-state index contributed by atoms with van der Waals surface area (Å²) in [4.78, 5) is 0. The van der Waals surface area contributed by atoms with Gasteiger partial charge in [-0.1, -0.05) is 88.8 Å². The Kier molecular flexibility index (Phi) is 9.58. The van der Waals surface area contributed by atoms with E-state index in [0.29, 0.717) is 17.4 Å². The van der Waals surface area contributed by atoms with Crippen molar-refractivity contribution in [3.05, 3.63) is 59.4 Å². The van der Waals surface area contributed by atoms with Gasteiger partial charge >= 0.3 is 0 Å². The summed E-state index contributed by atoms with van der Waals surface area (Å²) in [6.07, 6.45) is 13.6. The van der Waals surface area contributed by atoms with E-state index < -0.39 is 0 Å². The SMILES string of the molecule is CCCCCCCC1COC(c2ccc(-c3ccc([C@H]4CC[C@H](CC)CC4)cc3F)cc2)OC1. The first-order chi connectivity index (χ1) is 16.7. The lowest BCUT2D eigenvalue weighted by molar-refractivity contribution is -0.206. The predicted molar refractivity (Wildman–Crippen MR) is 138 cm³/mol. The van der Waals surface area contributed by atoms with E-state index in [1.54, 1.807) is 6.07 Å². The number of halogens is 1. The van der Waals surface area contributed by atoms with E-state index in [0.717, 1.165) is 35.8 Å². The van der Waals surface area contributed by atoms with Crippen LogP contribution in [-0.2, 0) is 9.47 Å². The Labute approximate surface area is 206 Å². The molecule has 0 bridgehead atoms. The van der Waals surface area contributed by atoms with Crippen LogP contribution in [-0.4, -0.2) is 13.2 Å². The predicted octanol–water partition coefficient (Wildman–Crippen LogP) is 9.20. The van der Waals surface area contributed by atoms with Crippen LogP contribution < -0.4 is 0 Å². The molecule has 0 unspecified atom stereocenters. The topological polar surface area (TPSA) is 18.5 Å². The van der Waals surface area contributed by atoms with Gasteiger partial charge in [0.25, 0.3) is 0 Å². The summed E-state index contributed by atoms with van der Waals surface area (Å²) in [7, 11) is 0. The summed E-state index contributed by atoms with van der Waals surface area (Å²) >= 11 is 0. The summed E-state index contributed by atoms with van der Waals surface area (Å²) in [6, 6.07) is 13.9. The molecule has 1 heterocycles. The van der Waals surface area contributed by atoms with Crippen molar-refractivity contribution < 1.29 is 13.9 Å². The second-order valence-electron chi connectivity index (χ2n) is 10.6. The Hall–Kier alpha value is -1.71. The molecular weight excluding hydrogens is 423 g/mol. The fourth-order valence-corrected chi connectivity index (χ4v) is 5.68. The van der Waals surface area contributed by atoms with Gasteiger partial charge in [-0.2, -0.15) is 0 Å². The molecule has 4 rings (SSSR count). The van der Waals surface area contributed by atoms with Crippen LogP contribution >= 0.6 is 0 Å². The van der Waals surface area contributed by atoms with Crippen LogP contribution in [0.4, 0.5) is 4.39 Å². The molecule has 0 N–H and O–H groups in total. The lowest BCUT2D eigenvalue weighted by Gasteiger charge is -2.29. The molecule has 186 valence electrons. The number of hydrogen-bond acceptors (Lipinski definition) is 2. The van der Waals surface area contributed by atoms with Crippen molar-refractivity contribution in [1.82, 2.24) is 0 Å². The number of benzene rings is 2. The normalized spacial score (nSPS) is 25.4. The molecule has 0 atom stereocenters. The highest BCUT2D eigenvalue weighted by molar-refractivity contribution is 5.65. The first-order valence-corrected chi connectivity index (χ1v) is 13.8. The van der Waals surface area contributed by atoms with Crippen LogP contribution in [0, 0.1) is 17.7 Å². The summed E-state index contributed by atoms with van der Waals surface area (Å²) in [6.45, 7) is 6.05. The van der Waals surface area contributed by atoms with Crippen LogP contribution in [0.15, 0.2) is 42.5 Å². The molecule has 2 fully saturated rings. The zero-order chi connectivity index (χ0) is 23.8. The average Bonchev–Trinajstić information content (AvgIpc) is 2.89. The Morgan fingerprint density at radius 2 is 1.44 bits per heavy atom. The van der Waals surface area contributed by atoms with Crippen molar-refractivity contribution in [2.75, 3.05) is 13.2 Å². The van der Waals surface area contributed by atoms with E-state index >= 15 is 4.39 Å². The van der Waals surface area contributed by atoms with Gasteiger partial charge < -0.3 is 9.47 Å². The first kappa shape index (κ1) is 25.4. The molecule has 1 saturated heterocycles. The highest BCUT2D eigenvalue weighted by Gasteiger charge is 2.24. The van der Waals surface area contributed by atoms with Gasteiger partial charge in [-0.3, -0.25) is 0 Å². The van der Waals surface area contributed by atoms with Gasteiger partial charge in [-0.15, -0.1) is 0 Å². The maximum atomic E-state index is 15.1. The summed E-state index contributed by atoms with van der Waals surface area (Å²) in [5.74, 6) is 1.75. The summed E-state index contributed by atoms with van der Waals surface area (Å²) in [5.41, 5.74) is 3.75. The Morgan fingerprint density at radius 3 is 2.09 bits per heavy atom. The number of unbranched alkanes of at least 4 members (excludes halogenated alkanes) is 4. The minimum atomic E-state index is -0.309. The van der Waals surface area contributed by atoms with Crippen LogP contribution in [0.3, 0.4) is 0 Å². The molecule has 2 nitrogen and oxygen atoms in total. The molecule has 0 radical (unpaired) electrons. The van der Waals surface area contributed by atoms with Gasteiger partial charge in [-0.05, 0) is 61.1 Å². The average molecular weight is 467 g/mol. The van der Waals surface area contributed by atoms with Gasteiger partial charge in [0.05, 0.1) is 13.2 Å². The molecule has 2 aromatic rings. The quantitative estimate of drug-likeness (QED) is 0.325. The third kappa shape index (κ3) is 6.70. The van der Waals surface area contributed by atoms with Crippen molar-refractivity contribution in [1.29, 1.82) is 0 Å². The second kappa shape index (κ2) is 12.8. The molecule has 34 heavy (non-hydrogen) atoms. The standard InChI is InChI=1S/C31H43FO2/c1-3-5-6-7-8-9-24-21-33-31(34-22-24)27-16-14-26(15-17-27)29-19-18-28(20-30(29)32)25-12-10-23(4-2)11-13-25/h14-20,23-25,31H,3-13,21-22H2,1-2H3/t23-,24?,25-,31?. The van der Waals surface area contributed by atoms with Gasteiger partial charge in [0, 0.05) is 17.0 Å². The van der Waals surface area contributed by atoms with Crippen molar-refractivity contribution >= 4 is 0 Å². The molecule has 1 saturated carbocycles. The molecule has 1 aliphatic carbocycles. The number of rotatable bonds is 10. The Bertz CT molecular complexity index is 862. The third-order valence-corrected chi connectivity index (χ3v) is 8.07. The molecule has 2 aliphatic rings. The van der Waals surface area contributed by atoms with E-state index in [-0.39, 0.29) is 12.1 Å². The van der Waals surface area contributed by atoms with Crippen molar-refractivity contribution in [3.63, 3.8) is 0 Å². The molecule has 0 amide bonds. The smallest absolute Gasteiger partial charge is 0.183 e. The fraction of sp³-hybridized carbons (Fsp3) is 0.613. The molecule has 3 heteroatoms. The van der Waals surface area contributed by atoms with Crippen LogP contribution in [0.1, 0.15) is 108 Å².